The summed E-state index contributed by atoms with van der Waals surface area (Å²) in [5, 5.41) is 20.1. The topological polar surface area (TPSA) is 60.8 Å². The van der Waals surface area contributed by atoms with Crippen molar-refractivity contribution in [3.8, 4) is 5.75 Å². The van der Waals surface area contributed by atoms with Gasteiger partial charge in [0.25, 0.3) is 0 Å². The Bertz CT molecular complexity index is 1020. The molecule has 0 aromatic heterocycles. The van der Waals surface area contributed by atoms with Crippen LogP contribution in [0.3, 0.4) is 0 Å². The molecule has 1 heterocycles. The molecule has 1 fully saturated rings. The largest absolute Gasteiger partial charge is 0.508 e. The predicted octanol–water partition coefficient (Wildman–Crippen LogP) is 4.89. The lowest BCUT2D eigenvalue weighted by Crippen LogP contribution is -2.55. The summed E-state index contributed by atoms with van der Waals surface area (Å²) in [7, 11) is 0. The van der Waals surface area contributed by atoms with Gasteiger partial charge in [-0.1, -0.05) is 24.3 Å². The summed E-state index contributed by atoms with van der Waals surface area (Å²) in [6, 6.07) is 17.7. The third-order valence-corrected chi connectivity index (χ3v) is 5.56. The molecule has 1 amide bonds. The first-order chi connectivity index (χ1) is 14.4. The van der Waals surface area contributed by atoms with Crippen LogP contribution in [-0.4, -0.2) is 16.1 Å². The Balaban J connectivity index is 1.55. The van der Waals surface area contributed by atoms with E-state index in [1.165, 1.54) is 36.4 Å². The van der Waals surface area contributed by atoms with Gasteiger partial charge >= 0.3 is 0 Å². The van der Waals surface area contributed by atoms with Gasteiger partial charge in [-0.2, -0.15) is 0 Å². The average Bonchev–Trinajstić information content (AvgIpc) is 2.74. The number of benzene rings is 3. The molecular weight excluding hydrogens is 388 g/mol. The van der Waals surface area contributed by atoms with Crippen molar-refractivity contribution in [1.29, 1.82) is 0 Å². The Kier molecular flexibility index (Phi) is 5.50. The van der Waals surface area contributed by atoms with Gasteiger partial charge in [0.05, 0.1) is 18.1 Å². The molecule has 1 aliphatic heterocycles. The van der Waals surface area contributed by atoms with Crippen LogP contribution in [-0.2, 0) is 4.79 Å². The predicted molar refractivity (Wildman–Crippen MR) is 109 cm³/mol. The van der Waals surface area contributed by atoms with E-state index in [0.717, 1.165) is 5.56 Å². The number of hydrogen-bond donors (Lipinski definition) is 2. The van der Waals surface area contributed by atoms with E-state index in [1.807, 2.05) is 0 Å². The van der Waals surface area contributed by atoms with Gasteiger partial charge in [0.15, 0.2) is 0 Å². The first-order valence-corrected chi connectivity index (χ1v) is 9.75. The first kappa shape index (κ1) is 20.0. The minimum atomic E-state index is -0.807. The molecule has 4 rings (SSSR count). The number of β-lactam (4-membered cyclic amide) rings is 1. The molecule has 3 aromatic carbocycles. The molecular formula is C24H21F2NO3. The number of carbonyl (C=O) groups excluding carboxylic acids is 1. The Hall–Kier alpha value is -3.25. The molecule has 3 atom stereocenters. The number of carbonyl (C=O) groups is 1. The summed E-state index contributed by atoms with van der Waals surface area (Å²) in [5.74, 6) is -1.10. The number of aliphatic hydroxyl groups is 1. The lowest BCUT2D eigenvalue weighted by atomic mass is 9.78. The van der Waals surface area contributed by atoms with Crippen molar-refractivity contribution < 1.29 is 23.8 Å². The molecule has 0 spiro atoms. The van der Waals surface area contributed by atoms with E-state index in [-0.39, 0.29) is 35.3 Å². The lowest BCUT2D eigenvalue weighted by Gasteiger charge is -2.48. The SMILES string of the molecule is O=C1[C@H](CCC(O)c2ccc(F)cc2)C(c2ccc(O)cc2)N1c1ccc(F)cc1. The van der Waals surface area contributed by atoms with Gasteiger partial charge in [-0.15, -0.1) is 0 Å². The second kappa shape index (κ2) is 8.24. The van der Waals surface area contributed by atoms with Gasteiger partial charge < -0.3 is 15.1 Å². The first-order valence-electron chi connectivity index (χ1n) is 9.75. The number of nitrogens with zero attached hydrogens (tertiary/aromatic N) is 1. The zero-order valence-corrected chi connectivity index (χ0v) is 16.1. The van der Waals surface area contributed by atoms with Crippen LogP contribution in [0.2, 0.25) is 0 Å². The molecule has 6 heteroatoms. The lowest BCUT2D eigenvalue weighted by molar-refractivity contribution is -0.131. The fraction of sp³-hybridized carbons (Fsp3) is 0.208. The molecule has 30 heavy (non-hydrogen) atoms. The maximum absolute atomic E-state index is 13.3. The van der Waals surface area contributed by atoms with Crippen molar-refractivity contribution in [2.75, 3.05) is 4.90 Å². The summed E-state index contributed by atoms with van der Waals surface area (Å²) in [5.41, 5.74) is 2.03. The van der Waals surface area contributed by atoms with Gasteiger partial charge in [-0.25, -0.2) is 8.78 Å². The number of halogens is 2. The number of aliphatic hydroxyl groups excluding tert-OH is 1. The second-order valence-electron chi connectivity index (χ2n) is 7.47. The molecule has 2 unspecified atom stereocenters. The van der Waals surface area contributed by atoms with Crippen molar-refractivity contribution in [3.63, 3.8) is 0 Å². The molecule has 3 aromatic rings. The Labute approximate surface area is 173 Å². The van der Waals surface area contributed by atoms with E-state index in [1.54, 1.807) is 41.3 Å². The number of rotatable bonds is 6. The molecule has 1 aliphatic rings. The Morgan fingerprint density at radius 2 is 1.43 bits per heavy atom. The molecule has 2 N–H and O–H groups in total. The van der Waals surface area contributed by atoms with Gasteiger partial charge in [0, 0.05) is 5.69 Å². The van der Waals surface area contributed by atoms with Crippen LogP contribution in [0.1, 0.15) is 36.1 Å². The van der Waals surface area contributed by atoms with E-state index in [9.17, 15) is 23.8 Å². The molecule has 0 aliphatic carbocycles. The van der Waals surface area contributed by atoms with Crippen LogP contribution >= 0.6 is 0 Å². The highest BCUT2D eigenvalue weighted by Crippen LogP contribution is 2.46. The van der Waals surface area contributed by atoms with E-state index < -0.39 is 6.10 Å². The smallest absolute Gasteiger partial charge is 0.233 e. The number of hydrogen-bond acceptors (Lipinski definition) is 3. The fourth-order valence-corrected chi connectivity index (χ4v) is 3.96. The van der Waals surface area contributed by atoms with Crippen molar-refractivity contribution >= 4 is 11.6 Å². The van der Waals surface area contributed by atoms with Crippen molar-refractivity contribution in [1.82, 2.24) is 0 Å². The molecule has 0 bridgehead atoms. The summed E-state index contributed by atoms with van der Waals surface area (Å²) in [4.78, 5) is 14.6. The number of phenolic OH excluding ortho intramolecular Hbond substituents is 1. The fourth-order valence-electron chi connectivity index (χ4n) is 3.96. The number of anilines is 1. The van der Waals surface area contributed by atoms with Crippen LogP contribution in [0.4, 0.5) is 14.5 Å². The van der Waals surface area contributed by atoms with Gasteiger partial charge in [0.2, 0.25) is 5.91 Å². The third-order valence-electron chi connectivity index (χ3n) is 5.56. The number of aromatic hydroxyl groups is 1. The highest BCUT2D eigenvalue weighted by atomic mass is 19.1. The third kappa shape index (κ3) is 3.91. The Morgan fingerprint density at radius 3 is 2.03 bits per heavy atom. The zero-order chi connectivity index (χ0) is 21.3. The number of phenols is 1. The zero-order valence-electron chi connectivity index (χ0n) is 16.1. The number of amides is 1. The highest BCUT2D eigenvalue weighted by molar-refractivity contribution is 6.03. The summed E-state index contributed by atoms with van der Waals surface area (Å²) < 4.78 is 26.4. The normalized spacial score (nSPS) is 19.4. The average molecular weight is 409 g/mol. The summed E-state index contributed by atoms with van der Waals surface area (Å²) in [6.07, 6.45) is -0.0344. The molecule has 0 radical (unpaired) electrons. The van der Waals surface area contributed by atoms with Crippen LogP contribution in [0.15, 0.2) is 72.8 Å². The molecule has 154 valence electrons. The summed E-state index contributed by atoms with van der Waals surface area (Å²) >= 11 is 0. The molecule has 1 saturated heterocycles. The van der Waals surface area contributed by atoms with Crippen molar-refractivity contribution in [3.05, 3.63) is 95.6 Å². The quantitative estimate of drug-likeness (QED) is 0.570. The maximum atomic E-state index is 13.3. The van der Waals surface area contributed by atoms with E-state index in [0.29, 0.717) is 24.1 Å². The van der Waals surface area contributed by atoms with Crippen LogP contribution in [0.25, 0.3) is 0 Å². The van der Waals surface area contributed by atoms with Crippen LogP contribution in [0, 0.1) is 17.6 Å². The minimum absolute atomic E-state index is 0.106. The summed E-state index contributed by atoms with van der Waals surface area (Å²) in [6.45, 7) is 0. The van der Waals surface area contributed by atoms with E-state index in [4.69, 9.17) is 0 Å². The van der Waals surface area contributed by atoms with E-state index >= 15 is 0 Å². The second-order valence-corrected chi connectivity index (χ2v) is 7.47. The van der Waals surface area contributed by atoms with Crippen LogP contribution in [0.5, 0.6) is 5.75 Å². The van der Waals surface area contributed by atoms with Gasteiger partial charge in [-0.05, 0) is 72.5 Å². The van der Waals surface area contributed by atoms with E-state index in [2.05, 4.69) is 0 Å². The molecule has 4 nitrogen and oxygen atoms in total. The minimum Gasteiger partial charge on any atom is -0.508 e. The standard InChI is InChI=1S/C24H21F2NO3/c25-17-5-1-15(2-6-17)22(29)14-13-21-23(16-3-11-20(28)12-4-16)27(24(21)30)19-9-7-18(26)8-10-19/h1-12,21-23,28-29H,13-14H2/t21-,22?,23?/m1/s1. The molecule has 0 saturated carbocycles. The van der Waals surface area contributed by atoms with Crippen LogP contribution < -0.4 is 4.90 Å². The monoisotopic (exact) mass is 409 g/mol. The van der Waals surface area contributed by atoms with Gasteiger partial charge in [-0.3, -0.25) is 4.79 Å². The maximum Gasteiger partial charge on any atom is 0.233 e. The van der Waals surface area contributed by atoms with Crippen molar-refractivity contribution in [2.45, 2.75) is 25.0 Å². The van der Waals surface area contributed by atoms with Gasteiger partial charge in [0.1, 0.15) is 17.4 Å². The highest BCUT2D eigenvalue weighted by Gasteiger charge is 2.48. The Morgan fingerprint density at radius 1 is 0.867 bits per heavy atom. The van der Waals surface area contributed by atoms with Crippen molar-refractivity contribution in [2.24, 2.45) is 5.92 Å².